The van der Waals surface area contributed by atoms with Gasteiger partial charge >= 0.3 is 5.97 Å². The van der Waals surface area contributed by atoms with Gasteiger partial charge in [0.15, 0.2) is 0 Å². The molecule has 0 aliphatic carbocycles. The first-order chi connectivity index (χ1) is 14.9. The third-order valence-corrected chi connectivity index (χ3v) is 5.82. The quantitative estimate of drug-likeness (QED) is 0.249. The molecule has 0 saturated carbocycles. The van der Waals surface area contributed by atoms with E-state index in [1.54, 1.807) is 4.90 Å². The van der Waals surface area contributed by atoms with Crippen LogP contribution in [0.2, 0.25) is 0 Å². The van der Waals surface area contributed by atoms with Gasteiger partial charge in [-0.1, -0.05) is 72.1 Å². The van der Waals surface area contributed by atoms with Crippen molar-refractivity contribution in [2.45, 2.75) is 124 Å². The molecular formula is C25H48N2O4. The first-order valence-corrected chi connectivity index (χ1v) is 12.7. The van der Waals surface area contributed by atoms with E-state index < -0.39 is 12.0 Å². The van der Waals surface area contributed by atoms with Crippen molar-refractivity contribution < 1.29 is 19.5 Å². The van der Waals surface area contributed by atoms with E-state index in [0.717, 1.165) is 70.6 Å². The number of carbonyl (C=O) groups excluding carboxylic acids is 2. The molecule has 0 aliphatic rings. The van der Waals surface area contributed by atoms with Gasteiger partial charge in [0.2, 0.25) is 11.8 Å². The van der Waals surface area contributed by atoms with E-state index in [0.29, 0.717) is 26.1 Å². The average Bonchev–Trinajstić information content (AvgIpc) is 2.75. The van der Waals surface area contributed by atoms with E-state index in [4.69, 9.17) is 0 Å². The fourth-order valence-corrected chi connectivity index (χ4v) is 3.92. The number of likely N-dealkylation sites (N-methyl/N-ethyl adjacent to an activating group) is 1. The number of nitrogens with zero attached hydrogens (tertiary/aromatic N) is 2. The lowest BCUT2D eigenvalue weighted by Crippen LogP contribution is -2.51. The van der Waals surface area contributed by atoms with Gasteiger partial charge in [-0.25, -0.2) is 0 Å². The van der Waals surface area contributed by atoms with Crippen molar-refractivity contribution in [3.05, 3.63) is 0 Å². The first kappa shape index (κ1) is 29.4. The van der Waals surface area contributed by atoms with Crippen LogP contribution in [-0.2, 0) is 14.4 Å². The number of hydrogen-bond donors (Lipinski definition) is 1. The molecule has 0 unspecified atom stereocenters. The molecule has 0 bridgehead atoms. The van der Waals surface area contributed by atoms with Crippen molar-refractivity contribution in [1.29, 1.82) is 0 Å². The molecule has 2 amide bonds. The highest BCUT2D eigenvalue weighted by atomic mass is 16.4. The van der Waals surface area contributed by atoms with Crippen LogP contribution in [0.5, 0.6) is 0 Å². The van der Waals surface area contributed by atoms with E-state index in [9.17, 15) is 19.5 Å². The Bertz CT molecular complexity index is 484. The van der Waals surface area contributed by atoms with Crippen LogP contribution >= 0.6 is 0 Å². The molecule has 0 saturated heterocycles. The van der Waals surface area contributed by atoms with Gasteiger partial charge in [-0.3, -0.25) is 14.4 Å². The van der Waals surface area contributed by atoms with Gasteiger partial charge in [0, 0.05) is 32.5 Å². The van der Waals surface area contributed by atoms with Gasteiger partial charge in [-0.15, -0.1) is 0 Å². The van der Waals surface area contributed by atoms with E-state index in [-0.39, 0.29) is 24.7 Å². The molecule has 0 radical (unpaired) electrons. The van der Waals surface area contributed by atoms with Gasteiger partial charge < -0.3 is 14.9 Å². The predicted octanol–water partition coefficient (Wildman–Crippen LogP) is 5.64. The number of rotatable bonds is 20. The normalized spacial score (nSPS) is 11.9. The van der Waals surface area contributed by atoms with Crippen molar-refractivity contribution in [3.8, 4) is 0 Å². The van der Waals surface area contributed by atoms with Crippen LogP contribution in [0.15, 0.2) is 0 Å². The summed E-state index contributed by atoms with van der Waals surface area (Å²) < 4.78 is 0. The molecule has 0 aromatic rings. The van der Waals surface area contributed by atoms with E-state index in [2.05, 4.69) is 20.8 Å². The third kappa shape index (κ3) is 13.4. The summed E-state index contributed by atoms with van der Waals surface area (Å²) in [5, 5.41) is 9.22. The van der Waals surface area contributed by atoms with E-state index in [1.807, 2.05) is 11.8 Å². The zero-order chi connectivity index (χ0) is 23.5. The Morgan fingerprint density at radius 3 is 1.68 bits per heavy atom. The molecular weight excluding hydrogens is 392 g/mol. The van der Waals surface area contributed by atoms with E-state index in [1.165, 1.54) is 0 Å². The summed E-state index contributed by atoms with van der Waals surface area (Å²) in [7, 11) is 0. The van der Waals surface area contributed by atoms with Crippen LogP contribution in [0.1, 0.15) is 118 Å². The molecule has 0 aliphatic heterocycles. The second-order valence-electron chi connectivity index (χ2n) is 8.53. The Kier molecular flexibility index (Phi) is 18.1. The maximum Gasteiger partial charge on any atom is 0.303 e. The SMILES string of the molecule is CCCCCCN(CCCCCC)C(=O)[C@H](CCC(=O)O)N(CC)C(=O)CCCCC. The molecule has 6 nitrogen and oxygen atoms in total. The Balaban J connectivity index is 5.39. The molecule has 0 rings (SSSR count). The Labute approximate surface area is 190 Å². The minimum Gasteiger partial charge on any atom is -0.481 e. The van der Waals surface area contributed by atoms with Crippen molar-refractivity contribution >= 4 is 17.8 Å². The molecule has 1 atom stereocenters. The van der Waals surface area contributed by atoms with Crippen LogP contribution in [-0.4, -0.2) is 58.4 Å². The second-order valence-corrected chi connectivity index (χ2v) is 8.53. The standard InChI is InChI=1S/C25H48N2O4/c1-5-9-12-15-20-26(21-16-13-10-6-2)25(31)22(18-19-24(29)30)27(8-4)23(28)17-14-11-7-3/h22H,5-21H2,1-4H3,(H,29,30)/t22-/m0/s1. The number of amides is 2. The largest absolute Gasteiger partial charge is 0.481 e. The summed E-state index contributed by atoms with van der Waals surface area (Å²) in [6.45, 7) is 10.1. The summed E-state index contributed by atoms with van der Waals surface area (Å²) in [5.74, 6) is -1.03. The Morgan fingerprint density at radius 2 is 1.23 bits per heavy atom. The van der Waals surface area contributed by atoms with Gasteiger partial charge in [0.25, 0.3) is 0 Å². The number of carboxylic acids is 1. The topological polar surface area (TPSA) is 77.9 Å². The van der Waals surface area contributed by atoms with E-state index >= 15 is 0 Å². The van der Waals surface area contributed by atoms with Crippen LogP contribution in [0.3, 0.4) is 0 Å². The average molecular weight is 441 g/mol. The molecule has 31 heavy (non-hydrogen) atoms. The molecule has 0 heterocycles. The zero-order valence-corrected chi connectivity index (χ0v) is 20.7. The van der Waals surface area contributed by atoms with Crippen molar-refractivity contribution in [2.75, 3.05) is 19.6 Å². The minimum absolute atomic E-state index is 0.0309. The second kappa shape index (κ2) is 19.1. The van der Waals surface area contributed by atoms with Crippen molar-refractivity contribution in [2.24, 2.45) is 0 Å². The summed E-state index contributed by atoms with van der Waals surface area (Å²) in [4.78, 5) is 41.2. The first-order valence-electron chi connectivity index (χ1n) is 12.7. The number of aliphatic carboxylic acids is 1. The van der Waals surface area contributed by atoms with Crippen molar-refractivity contribution in [1.82, 2.24) is 9.80 Å². The fraction of sp³-hybridized carbons (Fsp3) is 0.880. The molecule has 6 heteroatoms. The monoisotopic (exact) mass is 440 g/mol. The molecule has 0 fully saturated rings. The maximum absolute atomic E-state index is 13.6. The van der Waals surface area contributed by atoms with Crippen LogP contribution < -0.4 is 0 Å². The summed E-state index contributed by atoms with van der Waals surface area (Å²) in [6.07, 6.45) is 12.0. The highest BCUT2D eigenvalue weighted by Crippen LogP contribution is 2.16. The van der Waals surface area contributed by atoms with Gasteiger partial charge in [0.1, 0.15) is 6.04 Å². The van der Waals surface area contributed by atoms with Gasteiger partial charge in [0.05, 0.1) is 0 Å². The summed E-state index contributed by atoms with van der Waals surface area (Å²) in [6, 6.07) is -0.674. The van der Waals surface area contributed by atoms with Crippen molar-refractivity contribution in [3.63, 3.8) is 0 Å². The summed E-state index contributed by atoms with van der Waals surface area (Å²) in [5.41, 5.74) is 0. The molecule has 182 valence electrons. The molecule has 0 spiro atoms. The number of carbonyl (C=O) groups is 3. The minimum atomic E-state index is -0.926. The third-order valence-electron chi connectivity index (χ3n) is 5.82. The van der Waals surface area contributed by atoms with Crippen LogP contribution in [0.25, 0.3) is 0 Å². The lowest BCUT2D eigenvalue weighted by Gasteiger charge is -2.34. The van der Waals surface area contributed by atoms with Crippen LogP contribution in [0.4, 0.5) is 0 Å². The predicted molar refractivity (Wildman–Crippen MR) is 127 cm³/mol. The molecule has 0 aromatic carbocycles. The zero-order valence-electron chi connectivity index (χ0n) is 20.7. The van der Waals surface area contributed by atoms with Gasteiger partial charge in [-0.05, 0) is 32.6 Å². The molecule has 1 N–H and O–H groups in total. The van der Waals surface area contributed by atoms with Crippen LogP contribution in [0, 0.1) is 0 Å². The fourth-order valence-electron chi connectivity index (χ4n) is 3.92. The lowest BCUT2D eigenvalue weighted by molar-refractivity contribution is -0.147. The number of carboxylic acid groups (broad SMARTS) is 1. The van der Waals surface area contributed by atoms with Gasteiger partial charge in [-0.2, -0.15) is 0 Å². The Morgan fingerprint density at radius 1 is 0.710 bits per heavy atom. The lowest BCUT2D eigenvalue weighted by atomic mass is 10.0. The molecule has 0 aromatic heterocycles. The number of unbranched alkanes of at least 4 members (excludes halogenated alkanes) is 8. The maximum atomic E-state index is 13.6. The smallest absolute Gasteiger partial charge is 0.303 e. The Hall–Kier alpha value is -1.59. The number of hydrogen-bond acceptors (Lipinski definition) is 3. The highest BCUT2D eigenvalue weighted by molar-refractivity contribution is 5.88. The highest BCUT2D eigenvalue weighted by Gasteiger charge is 2.32. The summed E-state index contributed by atoms with van der Waals surface area (Å²) >= 11 is 0.